The molecule has 84 valence electrons. The van der Waals surface area contributed by atoms with E-state index >= 15 is 0 Å². The first-order chi connectivity index (χ1) is 7.76. The first kappa shape index (κ1) is 11.3. The van der Waals surface area contributed by atoms with E-state index in [4.69, 9.17) is 11.6 Å². The monoisotopic (exact) mass is 233 g/mol. The van der Waals surface area contributed by atoms with Crippen molar-refractivity contribution in [1.29, 1.82) is 0 Å². The van der Waals surface area contributed by atoms with Crippen molar-refractivity contribution in [3.05, 3.63) is 41.4 Å². The molecule has 0 saturated carbocycles. The molecule has 2 heteroatoms. The Morgan fingerprint density at radius 3 is 2.50 bits per heavy atom. The molecule has 0 amide bonds. The maximum Gasteiger partial charge on any atom is 0.0446 e. The number of anilines is 1. The fourth-order valence-corrected chi connectivity index (χ4v) is 2.24. The van der Waals surface area contributed by atoms with E-state index in [0.29, 0.717) is 0 Å². The quantitative estimate of drug-likeness (QED) is 0.762. The molecule has 0 aliphatic heterocycles. The van der Waals surface area contributed by atoms with Crippen molar-refractivity contribution in [3.8, 4) is 0 Å². The lowest BCUT2D eigenvalue weighted by Gasteiger charge is -2.22. The normalized spacial score (nSPS) is 10.7. The van der Waals surface area contributed by atoms with E-state index in [-0.39, 0.29) is 0 Å². The SMILES string of the molecule is CCN(CC)c1cccc2ccc(Cl)cc12. The Balaban J connectivity index is 2.64. The topological polar surface area (TPSA) is 3.24 Å². The van der Waals surface area contributed by atoms with Gasteiger partial charge in [-0.2, -0.15) is 0 Å². The molecule has 1 nitrogen and oxygen atoms in total. The highest BCUT2D eigenvalue weighted by Crippen LogP contribution is 2.28. The van der Waals surface area contributed by atoms with E-state index in [1.54, 1.807) is 0 Å². The Kier molecular flexibility index (Phi) is 3.35. The van der Waals surface area contributed by atoms with E-state index in [0.717, 1.165) is 18.1 Å². The second-order valence-electron chi connectivity index (χ2n) is 3.81. The maximum absolute atomic E-state index is 6.06. The molecule has 0 aliphatic rings. The number of hydrogen-bond acceptors (Lipinski definition) is 1. The van der Waals surface area contributed by atoms with Gasteiger partial charge in [0.1, 0.15) is 0 Å². The van der Waals surface area contributed by atoms with Crippen LogP contribution >= 0.6 is 11.6 Å². The Morgan fingerprint density at radius 1 is 1.06 bits per heavy atom. The van der Waals surface area contributed by atoms with Crippen LogP contribution in [-0.4, -0.2) is 13.1 Å². The van der Waals surface area contributed by atoms with Crippen molar-refractivity contribution in [2.75, 3.05) is 18.0 Å². The van der Waals surface area contributed by atoms with Crippen LogP contribution in [0.4, 0.5) is 5.69 Å². The van der Waals surface area contributed by atoms with E-state index in [1.807, 2.05) is 12.1 Å². The van der Waals surface area contributed by atoms with Crippen LogP contribution in [0.3, 0.4) is 0 Å². The highest BCUT2D eigenvalue weighted by atomic mass is 35.5. The van der Waals surface area contributed by atoms with Gasteiger partial charge in [0.25, 0.3) is 0 Å². The van der Waals surface area contributed by atoms with Gasteiger partial charge in [-0.1, -0.05) is 29.8 Å². The van der Waals surface area contributed by atoms with Crippen LogP contribution in [0.2, 0.25) is 5.02 Å². The maximum atomic E-state index is 6.06. The predicted molar refractivity (Wildman–Crippen MR) is 72.5 cm³/mol. The molecular weight excluding hydrogens is 218 g/mol. The zero-order valence-corrected chi connectivity index (χ0v) is 10.5. The van der Waals surface area contributed by atoms with Crippen molar-refractivity contribution in [3.63, 3.8) is 0 Å². The molecule has 0 fully saturated rings. The third kappa shape index (κ3) is 2.00. The lowest BCUT2D eigenvalue weighted by Crippen LogP contribution is -2.21. The van der Waals surface area contributed by atoms with Crippen molar-refractivity contribution >= 4 is 28.1 Å². The summed E-state index contributed by atoms with van der Waals surface area (Å²) in [5, 5.41) is 3.28. The fourth-order valence-electron chi connectivity index (χ4n) is 2.07. The first-order valence-electron chi connectivity index (χ1n) is 5.69. The van der Waals surface area contributed by atoms with Gasteiger partial charge in [0.15, 0.2) is 0 Å². The molecule has 0 N–H and O–H groups in total. The van der Waals surface area contributed by atoms with Crippen LogP contribution in [0.15, 0.2) is 36.4 Å². The number of rotatable bonds is 3. The van der Waals surface area contributed by atoms with Crippen LogP contribution < -0.4 is 4.90 Å². The molecule has 0 bridgehead atoms. The van der Waals surface area contributed by atoms with E-state index in [2.05, 4.69) is 43.0 Å². The number of fused-ring (bicyclic) bond motifs is 1. The zero-order chi connectivity index (χ0) is 11.5. The molecule has 0 saturated heterocycles. The third-order valence-corrected chi connectivity index (χ3v) is 3.16. The minimum absolute atomic E-state index is 0.798. The molecule has 0 unspecified atom stereocenters. The van der Waals surface area contributed by atoms with Crippen molar-refractivity contribution in [1.82, 2.24) is 0 Å². The van der Waals surface area contributed by atoms with Gasteiger partial charge < -0.3 is 4.90 Å². The fraction of sp³-hybridized carbons (Fsp3) is 0.286. The molecular formula is C14H16ClN. The molecule has 0 aliphatic carbocycles. The summed E-state index contributed by atoms with van der Waals surface area (Å²) in [6, 6.07) is 12.4. The minimum Gasteiger partial charge on any atom is -0.372 e. The molecule has 0 atom stereocenters. The predicted octanol–water partition coefficient (Wildman–Crippen LogP) is 4.34. The molecule has 0 radical (unpaired) electrons. The number of hydrogen-bond donors (Lipinski definition) is 0. The van der Waals surface area contributed by atoms with Crippen LogP contribution in [-0.2, 0) is 0 Å². The first-order valence-corrected chi connectivity index (χ1v) is 6.07. The standard InChI is InChI=1S/C14H16ClN/c1-3-16(4-2)14-7-5-6-11-8-9-12(15)10-13(11)14/h5-10H,3-4H2,1-2H3. The van der Waals surface area contributed by atoms with Crippen LogP contribution in [0.1, 0.15) is 13.8 Å². The Morgan fingerprint density at radius 2 is 1.81 bits per heavy atom. The average Bonchev–Trinajstić information content (AvgIpc) is 2.31. The molecule has 2 aromatic carbocycles. The summed E-state index contributed by atoms with van der Waals surface area (Å²) < 4.78 is 0. The Bertz CT molecular complexity index is 489. The van der Waals surface area contributed by atoms with Crippen LogP contribution in [0.25, 0.3) is 10.8 Å². The van der Waals surface area contributed by atoms with Gasteiger partial charge in [-0.15, -0.1) is 0 Å². The number of benzene rings is 2. The smallest absolute Gasteiger partial charge is 0.0446 e. The average molecular weight is 234 g/mol. The second-order valence-corrected chi connectivity index (χ2v) is 4.25. The minimum atomic E-state index is 0.798. The lowest BCUT2D eigenvalue weighted by molar-refractivity contribution is 0.870. The Labute approximate surface area is 102 Å². The van der Waals surface area contributed by atoms with Gasteiger partial charge in [-0.05, 0) is 37.4 Å². The molecule has 2 aromatic rings. The van der Waals surface area contributed by atoms with Crippen molar-refractivity contribution in [2.24, 2.45) is 0 Å². The Hall–Kier alpha value is -1.21. The van der Waals surface area contributed by atoms with Gasteiger partial charge in [0.2, 0.25) is 0 Å². The molecule has 0 spiro atoms. The van der Waals surface area contributed by atoms with Crippen LogP contribution in [0, 0.1) is 0 Å². The summed E-state index contributed by atoms with van der Waals surface area (Å²) in [5.41, 5.74) is 1.27. The molecule has 0 heterocycles. The summed E-state index contributed by atoms with van der Waals surface area (Å²) in [6.45, 7) is 6.38. The third-order valence-electron chi connectivity index (χ3n) is 2.93. The van der Waals surface area contributed by atoms with Crippen molar-refractivity contribution < 1.29 is 0 Å². The zero-order valence-electron chi connectivity index (χ0n) is 9.70. The van der Waals surface area contributed by atoms with Gasteiger partial charge in [-0.3, -0.25) is 0 Å². The van der Waals surface area contributed by atoms with Crippen molar-refractivity contribution in [2.45, 2.75) is 13.8 Å². The molecule has 0 aromatic heterocycles. The number of nitrogens with zero attached hydrogens (tertiary/aromatic N) is 1. The van der Waals surface area contributed by atoms with Gasteiger partial charge in [-0.25, -0.2) is 0 Å². The summed E-state index contributed by atoms with van der Waals surface area (Å²) in [6.07, 6.45) is 0. The highest BCUT2D eigenvalue weighted by molar-refractivity contribution is 6.31. The molecule has 16 heavy (non-hydrogen) atoms. The summed E-state index contributed by atoms with van der Waals surface area (Å²) in [4.78, 5) is 2.35. The second kappa shape index (κ2) is 4.75. The van der Waals surface area contributed by atoms with E-state index < -0.39 is 0 Å². The lowest BCUT2D eigenvalue weighted by atomic mass is 10.1. The van der Waals surface area contributed by atoms with Gasteiger partial charge in [0.05, 0.1) is 0 Å². The van der Waals surface area contributed by atoms with Gasteiger partial charge in [0, 0.05) is 29.2 Å². The summed E-state index contributed by atoms with van der Waals surface area (Å²) >= 11 is 6.06. The number of halogens is 1. The highest BCUT2D eigenvalue weighted by Gasteiger charge is 2.06. The summed E-state index contributed by atoms with van der Waals surface area (Å²) in [7, 11) is 0. The largest absolute Gasteiger partial charge is 0.372 e. The van der Waals surface area contributed by atoms with Gasteiger partial charge >= 0.3 is 0 Å². The van der Waals surface area contributed by atoms with Crippen LogP contribution in [0.5, 0.6) is 0 Å². The van der Waals surface area contributed by atoms with E-state index in [1.165, 1.54) is 16.5 Å². The van der Waals surface area contributed by atoms with E-state index in [9.17, 15) is 0 Å². The molecule has 2 rings (SSSR count). The summed E-state index contributed by atoms with van der Waals surface area (Å²) in [5.74, 6) is 0.